The summed E-state index contributed by atoms with van der Waals surface area (Å²) in [5.74, 6) is 1.98. The van der Waals surface area contributed by atoms with Crippen molar-refractivity contribution < 1.29 is 19.0 Å². The summed E-state index contributed by atoms with van der Waals surface area (Å²) in [7, 11) is 1.65. The minimum atomic E-state index is -0.109. The molecule has 9 heteroatoms. The Morgan fingerprint density at radius 3 is 2.88 bits per heavy atom. The smallest absolute Gasteiger partial charge is 0.298 e. The molecule has 180 valence electrons. The zero-order valence-electron chi connectivity index (χ0n) is 19.6. The van der Waals surface area contributed by atoms with Crippen molar-refractivity contribution in [2.45, 2.75) is 19.8 Å². The zero-order valence-corrected chi connectivity index (χ0v) is 20.4. The molecule has 0 spiro atoms. The van der Waals surface area contributed by atoms with Gasteiger partial charge in [-0.3, -0.25) is 9.69 Å². The van der Waals surface area contributed by atoms with Crippen LogP contribution >= 0.6 is 11.5 Å². The number of nitrogens with one attached hydrogen (secondary N) is 1. The topological polar surface area (TPSA) is 85.8 Å². The van der Waals surface area contributed by atoms with Gasteiger partial charge in [0.1, 0.15) is 11.5 Å². The number of amides is 1. The van der Waals surface area contributed by atoms with Crippen LogP contribution in [0.25, 0.3) is 0 Å². The molecule has 1 fully saturated rings. The molecule has 0 radical (unpaired) electrons. The highest BCUT2D eigenvalue weighted by molar-refractivity contribution is 7.07. The maximum Gasteiger partial charge on any atom is 0.298 e. The summed E-state index contributed by atoms with van der Waals surface area (Å²) in [5, 5.41) is 3.45. The summed E-state index contributed by atoms with van der Waals surface area (Å²) in [6.07, 6.45) is 1.49. The van der Waals surface area contributed by atoms with E-state index in [-0.39, 0.29) is 5.91 Å². The maximum absolute atomic E-state index is 12.6. The van der Waals surface area contributed by atoms with Gasteiger partial charge in [0.2, 0.25) is 0 Å². The zero-order chi connectivity index (χ0) is 23.8. The minimum absolute atomic E-state index is 0.109. The van der Waals surface area contributed by atoms with E-state index in [2.05, 4.69) is 19.6 Å². The van der Waals surface area contributed by atoms with Crippen molar-refractivity contribution in [3.63, 3.8) is 0 Å². The standard InChI is InChI=1S/C25H30N4O4S/c1-18-7-8-20(24(30)26-9-4-10-29-11-13-32-14-12-29)17-22(18)33-25-27-23(28-34-25)16-19-5-3-6-21(15-19)31-2/h3,5-8,15,17H,4,9-14,16H2,1-2H3,(H,26,30). The van der Waals surface area contributed by atoms with E-state index in [1.54, 1.807) is 13.2 Å². The van der Waals surface area contributed by atoms with Crippen molar-refractivity contribution in [3.8, 4) is 16.7 Å². The van der Waals surface area contributed by atoms with Gasteiger partial charge in [-0.15, -0.1) is 0 Å². The molecule has 0 saturated carbocycles. The predicted octanol–water partition coefficient (Wildman–Crippen LogP) is 3.69. The second-order valence-electron chi connectivity index (χ2n) is 8.15. The molecule has 1 aromatic heterocycles. The van der Waals surface area contributed by atoms with Crippen LogP contribution in [0.4, 0.5) is 0 Å². The van der Waals surface area contributed by atoms with Crippen molar-refractivity contribution in [1.29, 1.82) is 0 Å². The molecule has 2 heterocycles. The van der Waals surface area contributed by atoms with Crippen molar-refractivity contribution in [3.05, 3.63) is 65.0 Å². The number of benzene rings is 2. The quantitative estimate of drug-likeness (QED) is 0.441. The Hall–Kier alpha value is -3.01. The third-order valence-corrected chi connectivity index (χ3v) is 6.27. The molecule has 0 unspecified atom stereocenters. The van der Waals surface area contributed by atoms with Crippen molar-refractivity contribution >= 4 is 17.4 Å². The third-order valence-electron chi connectivity index (χ3n) is 5.63. The van der Waals surface area contributed by atoms with Crippen molar-refractivity contribution in [1.82, 2.24) is 19.6 Å². The number of carbonyl (C=O) groups is 1. The van der Waals surface area contributed by atoms with Crippen molar-refractivity contribution in [2.24, 2.45) is 0 Å². The average molecular weight is 483 g/mol. The summed E-state index contributed by atoms with van der Waals surface area (Å²) in [6.45, 7) is 7.02. The van der Waals surface area contributed by atoms with E-state index in [1.165, 1.54) is 11.5 Å². The van der Waals surface area contributed by atoms with Crippen LogP contribution in [0.1, 0.15) is 33.7 Å². The lowest BCUT2D eigenvalue weighted by Gasteiger charge is -2.26. The molecule has 34 heavy (non-hydrogen) atoms. The van der Waals surface area contributed by atoms with E-state index in [4.69, 9.17) is 14.2 Å². The molecule has 1 amide bonds. The Labute approximate surface area is 204 Å². The normalized spacial score (nSPS) is 14.1. The highest BCUT2D eigenvalue weighted by Crippen LogP contribution is 2.28. The second kappa shape index (κ2) is 11.9. The van der Waals surface area contributed by atoms with Crippen LogP contribution in [0.15, 0.2) is 42.5 Å². The number of morpholine rings is 1. The summed E-state index contributed by atoms with van der Waals surface area (Å²) in [4.78, 5) is 19.5. The molecular weight excluding hydrogens is 452 g/mol. The monoisotopic (exact) mass is 482 g/mol. The lowest BCUT2D eigenvalue weighted by molar-refractivity contribution is 0.0374. The van der Waals surface area contributed by atoms with Gasteiger partial charge >= 0.3 is 0 Å². The second-order valence-corrected chi connectivity index (χ2v) is 8.87. The van der Waals surface area contributed by atoms with Crippen molar-refractivity contribution in [2.75, 3.05) is 46.5 Å². The number of aromatic nitrogens is 2. The molecule has 1 saturated heterocycles. The molecular formula is C25H30N4O4S. The molecule has 1 aliphatic heterocycles. The number of hydrogen-bond donors (Lipinski definition) is 1. The van der Waals surface area contributed by atoms with E-state index >= 15 is 0 Å². The molecule has 0 atom stereocenters. The summed E-state index contributed by atoms with van der Waals surface area (Å²) in [6, 6.07) is 13.3. The number of carbonyl (C=O) groups excluding carboxylic acids is 1. The van der Waals surface area contributed by atoms with Gasteiger partial charge < -0.3 is 19.5 Å². The van der Waals surface area contributed by atoms with Crippen LogP contribution in [0.2, 0.25) is 0 Å². The van der Waals surface area contributed by atoms with Gasteiger partial charge in [-0.1, -0.05) is 18.2 Å². The molecule has 4 rings (SSSR count). The van der Waals surface area contributed by atoms with Crippen LogP contribution in [0, 0.1) is 6.92 Å². The highest BCUT2D eigenvalue weighted by Gasteiger charge is 2.13. The first-order valence-electron chi connectivity index (χ1n) is 11.4. The first-order chi connectivity index (χ1) is 16.6. The van der Waals surface area contributed by atoms with Gasteiger partial charge in [-0.2, -0.15) is 9.36 Å². The summed E-state index contributed by atoms with van der Waals surface area (Å²) in [5.41, 5.74) is 2.55. The molecule has 0 aliphatic carbocycles. The van der Waals surface area contributed by atoms with E-state index in [1.807, 2.05) is 43.3 Å². The van der Waals surface area contributed by atoms with Gasteiger partial charge in [0.05, 0.1) is 20.3 Å². The fraction of sp³-hybridized carbons (Fsp3) is 0.400. The van der Waals surface area contributed by atoms with E-state index in [9.17, 15) is 4.79 Å². The SMILES string of the molecule is COc1cccc(Cc2nsc(Oc3cc(C(=O)NCCCN4CCOCC4)ccc3C)n2)c1. The lowest BCUT2D eigenvalue weighted by Crippen LogP contribution is -2.38. The van der Waals surface area contributed by atoms with Crippen LogP contribution in [0.5, 0.6) is 16.7 Å². The Morgan fingerprint density at radius 1 is 1.21 bits per heavy atom. The maximum atomic E-state index is 12.6. The molecule has 2 aromatic carbocycles. The Bertz CT molecular complexity index is 1100. The Morgan fingerprint density at radius 2 is 2.06 bits per heavy atom. The average Bonchev–Trinajstić information content (AvgIpc) is 3.30. The fourth-order valence-electron chi connectivity index (χ4n) is 3.69. The van der Waals surface area contributed by atoms with Gasteiger partial charge in [-0.25, -0.2) is 0 Å². The molecule has 1 aliphatic rings. The van der Waals surface area contributed by atoms with Gasteiger partial charge in [-0.05, 0) is 55.3 Å². The number of ether oxygens (including phenoxy) is 3. The number of nitrogens with zero attached hydrogens (tertiary/aromatic N) is 3. The first-order valence-corrected chi connectivity index (χ1v) is 12.2. The summed E-state index contributed by atoms with van der Waals surface area (Å²) >= 11 is 1.20. The Balaban J connectivity index is 1.31. The van der Waals surface area contributed by atoms with Crippen LogP contribution in [0.3, 0.4) is 0 Å². The first kappa shape index (κ1) is 24.1. The number of aryl methyl sites for hydroxylation is 1. The highest BCUT2D eigenvalue weighted by atomic mass is 32.1. The van der Waals surface area contributed by atoms with E-state index in [0.29, 0.717) is 35.3 Å². The van der Waals surface area contributed by atoms with Crippen LogP contribution in [-0.4, -0.2) is 66.7 Å². The van der Waals surface area contributed by atoms with Crippen LogP contribution in [-0.2, 0) is 11.2 Å². The number of methoxy groups -OCH3 is 1. The van der Waals surface area contributed by atoms with Gasteiger partial charge in [0.15, 0.2) is 5.82 Å². The summed E-state index contributed by atoms with van der Waals surface area (Å²) < 4.78 is 21.0. The molecule has 8 nitrogen and oxygen atoms in total. The molecule has 1 N–H and O–H groups in total. The number of rotatable bonds is 10. The fourth-order valence-corrected chi connectivity index (χ4v) is 4.26. The van der Waals surface area contributed by atoms with Gasteiger partial charge in [0, 0.05) is 43.2 Å². The third kappa shape index (κ3) is 6.75. The van der Waals surface area contributed by atoms with E-state index in [0.717, 1.165) is 56.1 Å². The predicted molar refractivity (Wildman–Crippen MR) is 131 cm³/mol. The molecule has 3 aromatic rings. The molecule has 0 bridgehead atoms. The van der Waals surface area contributed by atoms with Crippen LogP contribution < -0.4 is 14.8 Å². The minimum Gasteiger partial charge on any atom is -0.497 e. The van der Waals surface area contributed by atoms with Gasteiger partial charge in [0.25, 0.3) is 11.1 Å². The largest absolute Gasteiger partial charge is 0.497 e. The Kier molecular flexibility index (Phi) is 8.46. The number of hydrogen-bond acceptors (Lipinski definition) is 8. The lowest BCUT2D eigenvalue weighted by atomic mass is 10.1. The van der Waals surface area contributed by atoms with E-state index < -0.39 is 0 Å².